The van der Waals surface area contributed by atoms with Crippen molar-refractivity contribution >= 4 is 46.3 Å². The van der Waals surface area contributed by atoms with Crippen LogP contribution >= 0.6 is 0 Å². The molecule has 1 heterocycles. The van der Waals surface area contributed by atoms with Crippen LogP contribution in [0.2, 0.25) is 0 Å². The highest BCUT2D eigenvalue weighted by molar-refractivity contribution is 7.88. The minimum absolute atomic E-state index is 0.00365. The van der Waals surface area contributed by atoms with Gasteiger partial charge in [-0.15, -0.1) is 11.8 Å². The molecule has 19 nitrogen and oxygen atoms in total. The van der Waals surface area contributed by atoms with Crippen LogP contribution in [-0.2, 0) is 53.1 Å². The van der Waals surface area contributed by atoms with Gasteiger partial charge in [0.25, 0.3) is 11.8 Å². The first kappa shape index (κ1) is 39.3. The number of carbonyl (C=O) groups excluding carboxylic acids is 6. The van der Waals surface area contributed by atoms with E-state index in [1.807, 2.05) is 0 Å². The van der Waals surface area contributed by atoms with Gasteiger partial charge >= 0.3 is 28.6 Å². The molecular formula is C29H43N5O14S. The van der Waals surface area contributed by atoms with Crippen LogP contribution in [0.1, 0.15) is 51.4 Å². The number of carbonyl (C=O) groups is 6. The molecule has 49 heavy (non-hydrogen) atoms. The zero-order valence-electron chi connectivity index (χ0n) is 27.2. The molecule has 274 valence electrons. The summed E-state index contributed by atoms with van der Waals surface area (Å²) in [6, 6.07) is -1.21. The van der Waals surface area contributed by atoms with E-state index in [0.717, 1.165) is 25.7 Å². The smallest absolute Gasteiger partial charge is 0.449 e. The molecule has 2 aliphatic carbocycles. The Bertz CT molecular complexity index is 1320. The van der Waals surface area contributed by atoms with Gasteiger partial charge in [0.15, 0.2) is 0 Å². The van der Waals surface area contributed by atoms with Crippen molar-refractivity contribution in [1.29, 1.82) is 0 Å². The van der Waals surface area contributed by atoms with E-state index >= 15 is 0 Å². The molecule has 0 aromatic rings. The van der Waals surface area contributed by atoms with Crippen LogP contribution < -0.4 is 20.1 Å². The lowest BCUT2D eigenvalue weighted by Crippen LogP contribution is -2.46. The van der Waals surface area contributed by atoms with Gasteiger partial charge in [0.05, 0.1) is 32.5 Å². The normalized spacial score (nSPS) is 20.3. The van der Waals surface area contributed by atoms with Crippen molar-refractivity contribution in [3.8, 4) is 11.8 Å². The predicted octanol–water partition coefficient (Wildman–Crippen LogP) is -0.142. The monoisotopic (exact) mass is 717 g/mol. The Hall–Kier alpha value is -4.19. The lowest BCUT2D eigenvalue weighted by molar-refractivity contribution is -0.177. The number of fused-ring (bicyclic) bond motifs is 1. The van der Waals surface area contributed by atoms with Gasteiger partial charge in [-0.05, 0) is 37.0 Å². The molecule has 0 aromatic heterocycles. The fraction of sp³-hybridized carbons (Fsp3) is 0.724. The fourth-order valence-corrected chi connectivity index (χ4v) is 5.85. The highest BCUT2D eigenvalue weighted by Crippen LogP contribution is 2.52. The lowest BCUT2D eigenvalue weighted by Gasteiger charge is -2.19. The van der Waals surface area contributed by atoms with Crippen LogP contribution in [0.25, 0.3) is 0 Å². The molecule has 20 heteroatoms. The van der Waals surface area contributed by atoms with Crippen LogP contribution in [0.15, 0.2) is 0 Å². The van der Waals surface area contributed by atoms with E-state index in [0.29, 0.717) is 31.0 Å². The lowest BCUT2D eigenvalue weighted by atomic mass is 10.1. The highest BCUT2D eigenvalue weighted by Gasteiger charge is 2.49. The topological polar surface area (TPSA) is 243 Å². The summed E-state index contributed by atoms with van der Waals surface area (Å²) in [6.45, 7) is -0.489. The van der Waals surface area contributed by atoms with Gasteiger partial charge in [0.1, 0.15) is 13.2 Å². The summed E-state index contributed by atoms with van der Waals surface area (Å²) in [7, 11) is -2.85. The van der Waals surface area contributed by atoms with Crippen molar-refractivity contribution < 1.29 is 65.7 Å². The van der Waals surface area contributed by atoms with Gasteiger partial charge in [-0.2, -0.15) is 13.1 Å². The van der Waals surface area contributed by atoms with Crippen LogP contribution in [0.5, 0.6) is 0 Å². The zero-order chi connectivity index (χ0) is 35.6. The number of nitrogens with zero attached hydrogens (tertiary/aromatic N) is 1. The molecule has 2 fully saturated rings. The summed E-state index contributed by atoms with van der Waals surface area (Å²) in [5.41, 5.74) is 0. The average Bonchev–Trinajstić information content (AvgIpc) is 3.59. The second-order valence-corrected chi connectivity index (χ2v) is 12.8. The molecule has 3 aliphatic rings. The van der Waals surface area contributed by atoms with Crippen molar-refractivity contribution in [2.45, 2.75) is 57.4 Å². The maximum Gasteiger partial charge on any atom is 0.534 e. The number of hydrogen-bond acceptors (Lipinski definition) is 14. The SMILES string of the molecule is COCCOCCNS(=O)(=O)NC(=O)OC[C@H](COC(=O)ON1C(=O)CCC1=O)NC(=O)CCCNC(=O)OCC1[C@H]2CCC#CCC[C@@H]12. The van der Waals surface area contributed by atoms with E-state index in [2.05, 4.69) is 32.0 Å². The molecule has 1 saturated carbocycles. The van der Waals surface area contributed by atoms with Crippen LogP contribution in [-0.4, -0.2) is 115 Å². The Kier molecular flexibility index (Phi) is 16.3. The van der Waals surface area contributed by atoms with Gasteiger partial charge in [0.2, 0.25) is 5.91 Å². The van der Waals surface area contributed by atoms with Crippen molar-refractivity contribution in [3.63, 3.8) is 0 Å². The fourth-order valence-electron chi connectivity index (χ4n) is 5.15. The summed E-state index contributed by atoms with van der Waals surface area (Å²) in [4.78, 5) is 76.9. The third-order valence-corrected chi connectivity index (χ3v) is 8.66. The standard InChI is InChI=1S/C29H43N5O14S/c1-43-15-16-44-14-13-31-49(41,42)33-28(39)45-17-20(18-47-29(40)48-34-25(36)10-11-26(34)37)32-24(35)9-6-12-30-27(38)46-19-23-21-7-4-2-3-5-8-22(21)23/h20-23,31H,4-19H2,1H3,(H,30,38)(H,32,35)(H,33,39)/t20-,21-,22+,23?/m1/s1. The molecule has 0 radical (unpaired) electrons. The van der Waals surface area contributed by atoms with Crippen molar-refractivity contribution in [1.82, 2.24) is 25.1 Å². The predicted molar refractivity (Wildman–Crippen MR) is 165 cm³/mol. The minimum atomic E-state index is -4.33. The molecule has 0 spiro atoms. The van der Waals surface area contributed by atoms with Crippen LogP contribution in [0.4, 0.5) is 14.4 Å². The van der Waals surface area contributed by atoms with E-state index < -0.39 is 65.5 Å². The highest BCUT2D eigenvalue weighted by atomic mass is 32.2. The first-order valence-corrected chi connectivity index (χ1v) is 17.3. The maximum atomic E-state index is 12.6. The molecule has 4 atom stereocenters. The van der Waals surface area contributed by atoms with E-state index in [-0.39, 0.29) is 57.0 Å². The summed E-state index contributed by atoms with van der Waals surface area (Å²) in [6.07, 6.45) is 0.0736. The van der Waals surface area contributed by atoms with E-state index in [1.165, 1.54) is 7.11 Å². The molecule has 1 unspecified atom stereocenters. The number of amides is 5. The number of imide groups is 1. The first-order valence-electron chi connectivity index (χ1n) is 15.9. The molecule has 3 rings (SSSR count). The van der Waals surface area contributed by atoms with E-state index in [9.17, 15) is 37.2 Å². The number of alkyl carbamates (subject to hydrolysis) is 1. The Balaban J connectivity index is 1.39. The van der Waals surface area contributed by atoms with E-state index in [4.69, 9.17) is 23.7 Å². The van der Waals surface area contributed by atoms with Crippen LogP contribution in [0, 0.1) is 29.6 Å². The van der Waals surface area contributed by atoms with Gasteiger partial charge in [-0.3, -0.25) is 19.2 Å². The molecule has 5 amide bonds. The number of hydroxylamine groups is 2. The zero-order valence-corrected chi connectivity index (χ0v) is 28.0. The van der Waals surface area contributed by atoms with Gasteiger partial charge in [-0.1, -0.05) is 5.06 Å². The number of methoxy groups -OCH3 is 1. The Morgan fingerprint density at radius 2 is 1.57 bits per heavy atom. The van der Waals surface area contributed by atoms with Gasteiger partial charge in [-0.25, -0.2) is 19.1 Å². The molecule has 0 aromatic carbocycles. The summed E-state index contributed by atoms with van der Waals surface area (Å²) in [5.74, 6) is 5.58. The molecule has 4 N–H and O–H groups in total. The summed E-state index contributed by atoms with van der Waals surface area (Å²) < 4.78 is 52.9. The van der Waals surface area contributed by atoms with Crippen molar-refractivity contribution in [3.05, 3.63) is 0 Å². The first-order chi connectivity index (χ1) is 23.5. The molecule has 1 saturated heterocycles. The van der Waals surface area contributed by atoms with Crippen molar-refractivity contribution in [2.75, 3.05) is 59.8 Å². The Morgan fingerprint density at radius 3 is 2.24 bits per heavy atom. The molecular weight excluding hydrogens is 674 g/mol. The minimum Gasteiger partial charge on any atom is -0.449 e. The Morgan fingerprint density at radius 1 is 0.898 bits per heavy atom. The Labute approximate surface area is 283 Å². The van der Waals surface area contributed by atoms with E-state index in [1.54, 1.807) is 4.72 Å². The number of rotatable bonds is 20. The van der Waals surface area contributed by atoms with Crippen molar-refractivity contribution in [2.24, 2.45) is 17.8 Å². The van der Waals surface area contributed by atoms with Gasteiger partial charge in [0, 0.05) is 52.3 Å². The largest absolute Gasteiger partial charge is 0.534 e. The van der Waals surface area contributed by atoms with Crippen LogP contribution in [0.3, 0.4) is 0 Å². The summed E-state index contributed by atoms with van der Waals surface area (Å²) in [5, 5.41) is 5.31. The second kappa shape index (κ2) is 20.4. The third-order valence-electron chi connectivity index (χ3n) is 7.64. The molecule has 1 aliphatic heterocycles. The second-order valence-electron chi connectivity index (χ2n) is 11.3. The van der Waals surface area contributed by atoms with Gasteiger partial charge < -0.3 is 34.3 Å². The quantitative estimate of drug-likeness (QED) is 0.0421. The summed E-state index contributed by atoms with van der Waals surface area (Å²) >= 11 is 0. The number of hydrogen-bond donors (Lipinski definition) is 4. The third kappa shape index (κ3) is 14.9. The maximum absolute atomic E-state index is 12.6. The average molecular weight is 718 g/mol. The number of ether oxygens (including phenoxy) is 5. The molecule has 0 bridgehead atoms. The number of nitrogens with one attached hydrogen (secondary N) is 4.